The van der Waals surface area contributed by atoms with Gasteiger partial charge in [0.15, 0.2) is 11.5 Å². The molecule has 3 rings (SSSR count). The summed E-state index contributed by atoms with van der Waals surface area (Å²) >= 11 is 0. The van der Waals surface area contributed by atoms with Gasteiger partial charge in [-0.3, -0.25) is 4.79 Å². The molecular weight excluding hydrogens is 408 g/mol. The Morgan fingerprint density at radius 3 is 2.09 bits per heavy atom. The number of carbonyl (C=O) groups excluding carboxylic acids is 1. The Morgan fingerprint density at radius 1 is 0.906 bits per heavy atom. The quantitative estimate of drug-likeness (QED) is 0.400. The van der Waals surface area contributed by atoms with E-state index in [1.807, 2.05) is 36.4 Å². The molecule has 3 aromatic carbocycles. The van der Waals surface area contributed by atoms with Crippen molar-refractivity contribution >= 4 is 12.1 Å². The summed E-state index contributed by atoms with van der Waals surface area (Å²) in [6, 6.07) is 18.8. The van der Waals surface area contributed by atoms with Crippen molar-refractivity contribution in [2.45, 2.75) is 13.5 Å². The molecule has 0 aliphatic rings. The molecule has 7 heteroatoms. The number of nitrogens with one attached hydrogen (secondary N) is 1. The SMILES string of the molecule is COc1cc(C(=O)N/N=C\c2ccc(OCc3ccc(C)cc3)cc2)cc(OC)c1OC. The number of hydrogen-bond donors (Lipinski definition) is 1. The maximum Gasteiger partial charge on any atom is 0.271 e. The molecule has 1 N–H and O–H groups in total. The second-order valence-corrected chi connectivity index (χ2v) is 6.96. The van der Waals surface area contributed by atoms with Gasteiger partial charge in [0.1, 0.15) is 12.4 Å². The number of methoxy groups -OCH3 is 3. The summed E-state index contributed by atoms with van der Waals surface area (Å²) in [5, 5.41) is 4.02. The number of benzene rings is 3. The van der Waals surface area contributed by atoms with E-state index >= 15 is 0 Å². The number of hydrogen-bond acceptors (Lipinski definition) is 6. The summed E-state index contributed by atoms with van der Waals surface area (Å²) in [4.78, 5) is 12.5. The van der Waals surface area contributed by atoms with Crippen LogP contribution >= 0.6 is 0 Å². The molecule has 0 unspecified atom stereocenters. The molecule has 166 valence electrons. The smallest absolute Gasteiger partial charge is 0.271 e. The Bertz CT molecular complexity index is 1050. The van der Waals surface area contributed by atoms with E-state index in [9.17, 15) is 4.79 Å². The van der Waals surface area contributed by atoms with Crippen molar-refractivity contribution in [1.29, 1.82) is 0 Å². The van der Waals surface area contributed by atoms with Crippen LogP contribution in [0.5, 0.6) is 23.0 Å². The first kappa shape index (κ1) is 22.7. The van der Waals surface area contributed by atoms with E-state index in [4.69, 9.17) is 18.9 Å². The lowest BCUT2D eigenvalue weighted by Gasteiger charge is -2.13. The van der Waals surface area contributed by atoms with E-state index in [2.05, 4.69) is 29.6 Å². The number of nitrogens with zero attached hydrogens (tertiary/aromatic N) is 1. The third-order valence-corrected chi connectivity index (χ3v) is 4.71. The topological polar surface area (TPSA) is 78.4 Å². The first-order chi connectivity index (χ1) is 15.5. The first-order valence-electron chi connectivity index (χ1n) is 9.96. The summed E-state index contributed by atoms with van der Waals surface area (Å²) in [7, 11) is 4.49. The van der Waals surface area contributed by atoms with E-state index in [1.54, 1.807) is 18.3 Å². The highest BCUT2D eigenvalue weighted by atomic mass is 16.5. The van der Waals surface area contributed by atoms with Crippen LogP contribution in [0.2, 0.25) is 0 Å². The molecule has 32 heavy (non-hydrogen) atoms. The second-order valence-electron chi connectivity index (χ2n) is 6.96. The third kappa shape index (κ3) is 5.78. The third-order valence-electron chi connectivity index (χ3n) is 4.71. The van der Waals surface area contributed by atoms with Crippen molar-refractivity contribution in [1.82, 2.24) is 5.43 Å². The van der Waals surface area contributed by atoms with Gasteiger partial charge in [0.2, 0.25) is 5.75 Å². The number of rotatable bonds is 9. The molecule has 1 amide bonds. The highest BCUT2D eigenvalue weighted by molar-refractivity contribution is 5.96. The van der Waals surface area contributed by atoms with Crippen LogP contribution in [0.4, 0.5) is 0 Å². The van der Waals surface area contributed by atoms with Gasteiger partial charge >= 0.3 is 0 Å². The molecule has 3 aromatic rings. The van der Waals surface area contributed by atoms with Crippen molar-refractivity contribution in [2.24, 2.45) is 5.10 Å². The zero-order valence-corrected chi connectivity index (χ0v) is 18.5. The van der Waals surface area contributed by atoms with E-state index in [0.717, 1.165) is 16.9 Å². The predicted octanol–water partition coefficient (Wildman–Crippen LogP) is 4.36. The highest BCUT2D eigenvalue weighted by Crippen LogP contribution is 2.38. The van der Waals surface area contributed by atoms with Crippen molar-refractivity contribution in [3.63, 3.8) is 0 Å². The summed E-state index contributed by atoms with van der Waals surface area (Å²) in [5.74, 6) is 1.55. The Hall–Kier alpha value is -4.00. The van der Waals surface area contributed by atoms with Crippen molar-refractivity contribution in [3.8, 4) is 23.0 Å². The number of carbonyl (C=O) groups is 1. The van der Waals surface area contributed by atoms with Gasteiger partial charge in [-0.25, -0.2) is 5.43 Å². The molecule has 0 saturated carbocycles. The van der Waals surface area contributed by atoms with Gasteiger partial charge in [-0.05, 0) is 54.4 Å². The maximum absolute atomic E-state index is 12.5. The molecule has 0 spiro atoms. The first-order valence-corrected chi connectivity index (χ1v) is 9.96. The average Bonchev–Trinajstić information content (AvgIpc) is 2.83. The minimum absolute atomic E-state index is 0.330. The zero-order chi connectivity index (χ0) is 22.9. The lowest BCUT2D eigenvalue weighted by atomic mass is 10.1. The Kier molecular flexibility index (Phi) is 7.70. The van der Waals surface area contributed by atoms with E-state index < -0.39 is 5.91 Å². The molecular formula is C25H26N2O5. The molecule has 0 aromatic heterocycles. The number of hydrazone groups is 1. The fourth-order valence-electron chi connectivity index (χ4n) is 2.94. The zero-order valence-electron chi connectivity index (χ0n) is 18.5. The van der Waals surface area contributed by atoms with Crippen molar-refractivity contribution in [3.05, 3.63) is 82.9 Å². The van der Waals surface area contributed by atoms with Crippen LogP contribution in [-0.2, 0) is 6.61 Å². The largest absolute Gasteiger partial charge is 0.493 e. The molecule has 0 radical (unpaired) electrons. The Morgan fingerprint density at radius 2 is 1.53 bits per heavy atom. The van der Waals surface area contributed by atoms with Gasteiger partial charge in [0.05, 0.1) is 27.5 Å². The molecule has 0 heterocycles. The maximum atomic E-state index is 12.5. The van der Waals surface area contributed by atoms with Crippen LogP contribution in [0.25, 0.3) is 0 Å². The lowest BCUT2D eigenvalue weighted by molar-refractivity contribution is 0.0954. The average molecular weight is 434 g/mol. The van der Waals surface area contributed by atoms with Crippen molar-refractivity contribution in [2.75, 3.05) is 21.3 Å². The summed E-state index contributed by atoms with van der Waals surface area (Å²) < 4.78 is 21.6. The van der Waals surface area contributed by atoms with Gasteiger partial charge < -0.3 is 18.9 Å². The normalized spacial score (nSPS) is 10.6. The fraction of sp³-hybridized carbons (Fsp3) is 0.200. The van der Waals surface area contributed by atoms with Crippen LogP contribution < -0.4 is 24.4 Å². The molecule has 0 fully saturated rings. The second kappa shape index (κ2) is 10.9. The Labute approximate surface area is 187 Å². The highest BCUT2D eigenvalue weighted by Gasteiger charge is 2.16. The van der Waals surface area contributed by atoms with Crippen LogP contribution in [0, 0.1) is 6.92 Å². The lowest BCUT2D eigenvalue weighted by Crippen LogP contribution is -2.18. The Balaban J connectivity index is 1.58. The molecule has 0 bridgehead atoms. The minimum atomic E-state index is -0.404. The molecule has 0 saturated heterocycles. The number of ether oxygens (including phenoxy) is 4. The minimum Gasteiger partial charge on any atom is -0.493 e. The number of aryl methyl sites for hydroxylation is 1. The van der Waals surface area contributed by atoms with E-state index in [0.29, 0.717) is 29.4 Å². The molecule has 0 aliphatic carbocycles. The van der Waals surface area contributed by atoms with Crippen LogP contribution in [0.15, 0.2) is 65.8 Å². The van der Waals surface area contributed by atoms with Crippen LogP contribution in [0.3, 0.4) is 0 Å². The van der Waals surface area contributed by atoms with E-state index in [1.165, 1.54) is 26.9 Å². The van der Waals surface area contributed by atoms with Gasteiger partial charge in [-0.2, -0.15) is 5.10 Å². The molecule has 7 nitrogen and oxygen atoms in total. The fourth-order valence-corrected chi connectivity index (χ4v) is 2.94. The monoisotopic (exact) mass is 434 g/mol. The predicted molar refractivity (Wildman–Crippen MR) is 123 cm³/mol. The van der Waals surface area contributed by atoms with Gasteiger partial charge in [0, 0.05) is 5.56 Å². The molecule has 0 atom stereocenters. The van der Waals surface area contributed by atoms with Gasteiger partial charge in [-0.1, -0.05) is 29.8 Å². The van der Waals surface area contributed by atoms with Gasteiger partial charge in [0.25, 0.3) is 5.91 Å². The summed E-state index contributed by atoms with van der Waals surface area (Å²) in [5.41, 5.74) is 5.97. The summed E-state index contributed by atoms with van der Waals surface area (Å²) in [6.07, 6.45) is 1.56. The molecule has 0 aliphatic heterocycles. The van der Waals surface area contributed by atoms with E-state index in [-0.39, 0.29) is 0 Å². The van der Waals surface area contributed by atoms with Crippen LogP contribution in [-0.4, -0.2) is 33.5 Å². The van der Waals surface area contributed by atoms with Crippen molar-refractivity contribution < 1.29 is 23.7 Å². The standard InChI is InChI=1S/C25H26N2O5/c1-17-5-7-19(8-6-17)16-32-21-11-9-18(10-12-21)15-26-27-25(28)20-13-22(29-2)24(31-4)23(14-20)30-3/h5-15H,16H2,1-4H3,(H,27,28)/b26-15-. The summed E-state index contributed by atoms with van der Waals surface area (Å²) in [6.45, 7) is 2.55. The number of amides is 1. The van der Waals surface area contributed by atoms with Crippen LogP contribution in [0.1, 0.15) is 27.0 Å². The van der Waals surface area contributed by atoms with Gasteiger partial charge in [-0.15, -0.1) is 0 Å².